The molecular formula is C15H16F3NO2. The lowest BCUT2D eigenvalue weighted by Gasteiger charge is -2.07. The molecule has 2 rings (SSSR count). The van der Waals surface area contributed by atoms with Crippen LogP contribution in [0.25, 0.3) is 11.3 Å². The molecule has 6 heteroatoms. The fraction of sp³-hybridized carbons (Fsp3) is 0.333. The average molecular weight is 299 g/mol. The number of halogens is 3. The minimum absolute atomic E-state index is 0.112. The van der Waals surface area contributed by atoms with Crippen molar-refractivity contribution in [2.24, 2.45) is 0 Å². The van der Waals surface area contributed by atoms with E-state index in [9.17, 15) is 13.2 Å². The van der Waals surface area contributed by atoms with Crippen molar-refractivity contribution in [1.82, 2.24) is 5.32 Å². The SMILES string of the molecule is OCCCNCc1ccc(-c2cccc(C(F)(F)F)c2)o1. The summed E-state index contributed by atoms with van der Waals surface area (Å²) in [6.45, 7) is 1.23. The summed E-state index contributed by atoms with van der Waals surface area (Å²) in [6, 6.07) is 8.42. The van der Waals surface area contributed by atoms with E-state index in [4.69, 9.17) is 9.52 Å². The summed E-state index contributed by atoms with van der Waals surface area (Å²) >= 11 is 0. The summed E-state index contributed by atoms with van der Waals surface area (Å²) in [6.07, 6.45) is -3.72. The van der Waals surface area contributed by atoms with E-state index in [-0.39, 0.29) is 6.61 Å². The van der Waals surface area contributed by atoms with E-state index in [0.29, 0.717) is 36.6 Å². The van der Waals surface area contributed by atoms with Crippen LogP contribution in [0.1, 0.15) is 17.7 Å². The molecule has 0 unspecified atom stereocenters. The van der Waals surface area contributed by atoms with Crippen molar-refractivity contribution in [3.05, 3.63) is 47.7 Å². The predicted octanol–water partition coefficient (Wildman–Crippen LogP) is 3.44. The van der Waals surface area contributed by atoms with Crippen LogP contribution in [-0.2, 0) is 12.7 Å². The third-order valence-electron chi connectivity index (χ3n) is 2.95. The normalized spacial score (nSPS) is 11.8. The van der Waals surface area contributed by atoms with Gasteiger partial charge in [0.1, 0.15) is 11.5 Å². The van der Waals surface area contributed by atoms with Gasteiger partial charge < -0.3 is 14.8 Å². The zero-order chi connectivity index (χ0) is 15.3. The van der Waals surface area contributed by atoms with E-state index in [1.165, 1.54) is 6.07 Å². The highest BCUT2D eigenvalue weighted by Gasteiger charge is 2.30. The molecule has 2 aromatic rings. The monoisotopic (exact) mass is 299 g/mol. The number of hydrogen-bond acceptors (Lipinski definition) is 3. The molecule has 0 aliphatic rings. The molecule has 1 aromatic carbocycles. The second kappa shape index (κ2) is 6.78. The third-order valence-corrected chi connectivity index (χ3v) is 2.95. The van der Waals surface area contributed by atoms with Crippen LogP contribution in [0.4, 0.5) is 13.2 Å². The molecule has 1 aromatic heterocycles. The number of alkyl halides is 3. The molecule has 3 nitrogen and oxygen atoms in total. The van der Waals surface area contributed by atoms with Gasteiger partial charge >= 0.3 is 6.18 Å². The van der Waals surface area contributed by atoms with Crippen molar-refractivity contribution in [3.63, 3.8) is 0 Å². The number of hydrogen-bond donors (Lipinski definition) is 2. The van der Waals surface area contributed by atoms with Gasteiger partial charge in [0.15, 0.2) is 0 Å². The minimum atomic E-state index is -4.36. The number of benzene rings is 1. The van der Waals surface area contributed by atoms with Gasteiger partial charge in [0.25, 0.3) is 0 Å². The molecule has 0 amide bonds. The zero-order valence-corrected chi connectivity index (χ0v) is 11.3. The predicted molar refractivity (Wildman–Crippen MR) is 72.6 cm³/mol. The summed E-state index contributed by atoms with van der Waals surface area (Å²) < 4.78 is 43.5. The van der Waals surface area contributed by atoms with Crippen molar-refractivity contribution in [2.45, 2.75) is 19.1 Å². The Morgan fingerprint density at radius 2 is 1.95 bits per heavy atom. The van der Waals surface area contributed by atoms with E-state index in [2.05, 4.69) is 5.32 Å². The molecule has 1 heterocycles. The molecule has 114 valence electrons. The molecule has 0 fully saturated rings. The summed E-state index contributed by atoms with van der Waals surface area (Å²) in [5, 5.41) is 11.7. The fourth-order valence-corrected chi connectivity index (χ4v) is 1.89. The van der Waals surface area contributed by atoms with Crippen molar-refractivity contribution < 1.29 is 22.7 Å². The van der Waals surface area contributed by atoms with Gasteiger partial charge in [-0.05, 0) is 37.2 Å². The molecule has 0 radical (unpaired) electrons. The van der Waals surface area contributed by atoms with Gasteiger partial charge in [0.05, 0.1) is 12.1 Å². The van der Waals surface area contributed by atoms with Crippen LogP contribution in [0.2, 0.25) is 0 Å². The van der Waals surface area contributed by atoms with Crippen LogP contribution < -0.4 is 5.32 Å². The first kappa shape index (κ1) is 15.6. The molecule has 0 aliphatic carbocycles. The van der Waals surface area contributed by atoms with Gasteiger partial charge in [-0.2, -0.15) is 13.2 Å². The molecule has 21 heavy (non-hydrogen) atoms. The van der Waals surface area contributed by atoms with Gasteiger partial charge in [0.2, 0.25) is 0 Å². The third kappa shape index (κ3) is 4.34. The van der Waals surface area contributed by atoms with E-state index < -0.39 is 11.7 Å². The quantitative estimate of drug-likeness (QED) is 0.803. The highest BCUT2D eigenvalue weighted by molar-refractivity contribution is 5.58. The van der Waals surface area contributed by atoms with Crippen molar-refractivity contribution in [2.75, 3.05) is 13.2 Å². The first-order valence-corrected chi connectivity index (χ1v) is 6.58. The van der Waals surface area contributed by atoms with E-state index >= 15 is 0 Å². The van der Waals surface area contributed by atoms with E-state index in [1.807, 2.05) is 0 Å². The van der Waals surface area contributed by atoms with Crippen LogP contribution >= 0.6 is 0 Å². The highest BCUT2D eigenvalue weighted by atomic mass is 19.4. The maximum atomic E-state index is 12.7. The van der Waals surface area contributed by atoms with Gasteiger partial charge in [-0.25, -0.2) is 0 Å². The average Bonchev–Trinajstić information content (AvgIpc) is 2.92. The lowest BCUT2D eigenvalue weighted by Crippen LogP contribution is -2.15. The summed E-state index contributed by atoms with van der Waals surface area (Å²) in [7, 11) is 0. The Kier molecular flexibility index (Phi) is 5.03. The summed E-state index contributed by atoms with van der Waals surface area (Å²) in [5.41, 5.74) is -0.301. The second-order valence-corrected chi connectivity index (χ2v) is 4.60. The first-order valence-electron chi connectivity index (χ1n) is 6.58. The Bertz CT molecular complexity index is 578. The molecule has 0 atom stereocenters. The lowest BCUT2D eigenvalue weighted by atomic mass is 10.1. The lowest BCUT2D eigenvalue weighted by molar-refractivity contribution is -0.137. The van der Waals surface area contributed by atoms with Crippen LogP contribution in [0, 0.1) is 0 Å². The number of aliphatic hydroxyl groups is 1. The maximum Gasteiger partial charge on any atom is 0.416 e. The van der Waals surface area contributed by atoms with Gasteiger partial charge in [-0.15, -0.1) is 0 Å². The number of aliphatic hydroxyl groups excluding tert-OH is 1. The smallest absolute Gasteiger partial charge is 0.416 e. The second-order valence-electron chi connectivity index (χ2n) is 4.60. The fourth-order valence-electron chi connectivity index (χ4n) is 1.89. The first-order chi connectivity index (χ1) is 10.0. The zero-order valence-electron chi connectivity index (χ0n) is 11.3. The molecular weight excluding hydrogens is 283 g/mol. The highest BCUT2D eigenvalue weighted by Crippen LogP contribution is 2.32. The molecule has 0 bridgehead atoms. The number of nitrogens with one attached hydrogen (secondary N) is 1. The van der Waals surface area contributed by atoms with Crippen LogP contribution in [0.5, 0.6) is 0 Å². The molecule has 0 spiro atoms. The molecule has 0 saturated carbocycles. The van der Waals surface area contributed by atoms with Crippen molar-refractivity contribution >= 4 is 0 Å². The van der Waals surface area contributed by atoms with Crippen molar-refractivity contribution in [3.8, 4) is 11.3 Å². The molecule has 0 aliphatic heterocycles. The Labute approximate surface area is 120 Å². The molecule has 2 N–H and O–H groups in total. The van der Waals surface area contributed by atoms with E-state index in [1.54, 1.807) is 18.2 Å². The van der Waals surface area contributed by atoms with Crippen LogP contribution in [-0.4, -0.2) is 18.3 Å². The largest absolute Gasteiger partial charge is 0.460 e. The standard InChI is InChI=1S/C15H16F3NO2/c16-15(17,18)12-4-1-3-11(9-12)14-6-5-13(21-14)10-19-7-2-8-20/h1,3-6,9,19-20H,2,7-8,10H2. The minimum Gasteiger partial charge on any atom is -0.460 e. The Hall–Kier alpha value is -1.79. The van der Waals surface area contributed by atoms with Gasteiger partial charge in [0, 0.05) is 12.2 Å². The number of furan rings is 1. The van der Waals surface area contributed by atoms with Gasteiger partial charge in [-0.3, -0.25) is 0 Å². The van der Waals surface area contributed by atoms with Crippen LogP contribution in [0.3, 0.4) is 0 Å². The Morgan fingerprint density at radius 3 is 2.67 bits per heavy atom. The van der Waals surface area contributed by atoms with E-state index in [0.717, 1.165) is 12.1 Å². The Balaban J connectivity index is 2.07. The molecule has 0 saturated heterocycles. The number of rotatable bonds is 6. The van der Waals surface area contributed by atoms with Gasteiger partial charge in [-0.1, -0.05) is 12.1 Å². The topological polar surface area (TPSA) is 45.4 Å². The van der Waals surface area contributed by atoms with Crippen molar-refractivity contribution in [1.29, 1.82) is 0 Å². The Morgan fingerprint density at radius 1 is 1.14 bits per heavy atom. The summed E-state index contributed by atoms with van der Waals surface area (Å²) in [5.74, 6) is 1.04. The van der Waals surface area contributed by atoms with Crippen LogP contribution in [0.15, 0.2) is 40.8 Å². The summed E-state index contributed by atoms with van der Waals surface area (Å²) in [4.78, 5) is 0. The maximum absolute atomic E-state index is 12.7.